The highest BCUT2D eigenvalue weighted by Gasteiger charge is 2.04. The van der Waals surface area contributed by atoms with Crippen LogP contribution in [0.5, 0.6) is 0 Å². The second-order valence-electron chi connectivity index (χ2n) is 2.61. The number of nitriles is 1. The molecule has 1 aromatic carbocycles. The Hall–Kier alpha value is -1.95. The summed E-state index contributed by atoms with van der Waals surface area (Å²) in [6, 6.07) is 7.94. The zero-order valence-electron chi connectivity index (χ0n) is 8.66. The van der Waals surface area contributed by atoms with Gasteiger partial charge in [0.2, 0.25) is 0 Å². The van der Waals surface area contributed by atoms with Gasteiger partial charge in [0.05, 0.1) is 11.1 Å². The average molecular weight is 202 g/mol. The minimum atomic E-state index is -0.345. The molecule has 3 heteroatoms. The molecule has 1 aromatic heterocycles. The molecule has 2 rings (SSSR count). The number of benzene rings is 1. The van der Waals surface area contributed by atoms with Crippen LogP contribution in [0.2, 0.25) is 0 Å². The van der Waals surface area contributed by atoms with Gasteiger partial charge < -0.3 is 0 Å². The summed E-state index contributed by atoms with van der Waals surface area (Å²) in [6.45, 7) is 4.00. The SMILES string of the molecule is CC.N#Cc1ccc(F)c2cccnc12. The summed E-state index contributed by atoms with van der Waals surface area (Å²) >= 11 is 0. The molecule has 0 bridgehead atoms. The maximum Gasteiger partial charge on any atom is 0.132 e. The molecule has 0 aliphatic heterocycles. The van der Waals surface area contributed by atoms with Crippen molar-refractivity contribution in [3.63, 3.8) is 0 Å². The van der Waals surface area contributed by atoms with Crippen molar-refractivity contribution in [3.8, 4) is 6.07 Å². The van der Waals surface area contributed by atoms with Gasteiger partial charge in [-0.1, -0.05) is 13.8 Å². The Balaban J connectivity index is 0.000000531. The Kier molecular flexibility index (Phi) is 3.75. The molecular weight excluding hydrogens is 191 g/mol. The van der Waals surface area contributed by atoms with Crippen molar-refractivity contribution < 1.29 is 4.39 Å². The molecule has 15 heavy (non-hydrogen) atoms. The van der Waals surface area contributed by atoms with E-state index in [0.29, 0.717) is 16.5 Å². The van der Waals surface area contributed by atoms with Crippen molar-refractivity contribution in [1.82, 2.24) is 4.98 Å². The van der Waals surface area contributed by atoms with Crippen LogP contribution in [0.4, 0.5) is 4.39 Å². The molecule has 0 spiro atoms. The minimum absolute atomic E-state index is 0.345. The molecule has 76 valence electrons. The molecule has 0 aliphatic rings. The van der Waals surface area contributed by atoms with Gasteiger partial charge in [0, 0.05) is 11.6 Å². The van der Waals surface area contributed by atoms with E-state index in [0.717, 1.165) is 0 Å². The van der Waals surface area contributed by atoms with Gasteiger partial charge in [-0.15, -0.1) is 0 Å². The molecule has 0 aliphatic carbocycles. The molecule has 2 aromatic rings. The van der Waals surface area contributed by atoms with Crippen LogP contribution in [0.25, 0.3) is 10.9 Å². The summed E-state index contributed by atoms with van der Waals surface area (Å²) in [6.07, 6.45) is 1.54. The lowest BCUT2D eigenvalue weighted by atomic mass is 10.1. The number of hydrogen-bond donors (Lipinski definition) is 0. The lowest BCUT2D eigenvalue weighted by Gasteiger charge is -1.98. The fraction of sp³-hybridized carbons (Fsp3) is 0.167. The summed E-state index contributed by atoms with van der Waals surface area (Å²) < 4.78 is 13.2. The van der Waals surface area contributed by atoms with E-state index in [1.54, 1.807) is 18.3 Å². The van der Waals surface area contributed by atoms with Crippen molar-refractivity contribution in [1.29, 1.82) is 5.26 Å². The Morgan fingerprint density at radius 1 is 1.27 bits per heavy atom. The van der Waals surface area contributed by atoms with Gasteiger partial charge in [-0.3, -0.25) is 4.98 Å². The number of halogens is 1. The highest BCUT2D eigenvalue weighted by molar-refractivity contribution is 5.84. The number of hydrogen-bond acceptors (Lipinski definition) is 2. The number of pyridine rings is 1. The monoisotopic (exact) mass is 202 g/mol. The molecule has 0 amide bonds. The predicted molar refractivity (Wildman–Crippen MR) is 57.8 cm³/mol. The Morgan fingerprint density at radius 3 is 2.67 bits per heavy atom. The zero-order valence-corrected chi connectivity index (χ0v) is 8.66. The van der Waals surface area contributed by atoms with E-state index >= 15 is 0 Å². The smallest absolute Gasteiger partial charge is 0.132 e. The van der Waals surface area contributed by atoms with Crippen molar-refractivity contribution >= 4 is 10.9 Å². The molecule has 0 saturated heterocycles. The fourth-order valence-corrected chi connectivity index (χ4v) is 1.23. The summed E-state index contributed by atoms with van der Waals surface area (Å²) in [4.78, 5) is 3.95. The van der Waals surface area contributed by atoms with E-state index in [4.69, 9.17) is 5.26 Å². The topological polar surface area (TPSA) is 36.7 Å². The average Bonchev–Trinajstić information content (AvgIpc) is 2.33. The molecule has 0 saturated carbocycles. The number of fused-ring (bicyclic) bond motifs is 1. The van der Waals surface area contributed by atoms with Crippen LogP contribution in [0.1, 0.15) is 19.4 Å². The molecule has 0 atom stereocenters. The van der Waals surface area contributed by atoms with Gasteiger partial charge in [0.1, 0.15) is 11.9 Å². The van der Waals surface area contributed by atoms with Crippen LogP contribution in [-0.2, 0) is 0 Å². The summed E-state index contributed by atoms with van der Waals surface area (Å²) in [5, 5.41) is 9.10. The molecule has 0 radical (unpaired) electrons. The van der Waals surface area contributed by atoms with E-state index in [-0.39, 0.29) is 5.82 Å². The lowest BCUT2D eigenvalue weighted by molar-refractivity contribution is 0.639. The van der Waals surface area contributed by atoms with Gasteiger partial charge in [-0.25, -0.2) is 4.39 Å². The molecule has 0 N–H and O–H groups in total. The predicted octanol–water partition coefficient (Wildman–Crippen LogP) is 3.27. The van der Waals surface area contributed by atoms with Crippen molar-refractivity contribution in [2.75, 3.05) is 0 Å². The van der Waals surface area contributed by atoms with Gasteiger partial charge in [0.25, 0.3) is 0 Å². The van der Waals surface area contributed by atoms with E-state index in [1.807, 2.05) is 19.9 Å². The second kappa shape index (κ2) is 5.06. The van der Waals surface area contributed by atoms with Gasteiger partial charge in [-0.2, -0.15) is 5.26 Å². The van der Waals surface area contributed by atoms with Crippen molar-refractivity contribution in [2.24, 2.45) is 0 Å². The molecular formula is C12H11FN2. The standard InChI is InChI=1S/C10H5FN2.C2H6/c11-9-4-3-7(6-12)10-8(9)2-1-5-13-10;1-2/h1-5H;1-2H3. The first kappa shape index (κ1) is 11.1. The van der Waals surface area contributed by atoms with Crippen molar-refractivity contribution in [3.05, 3.63) is 41.8 Å². The Bertz CT molecular complexity index is 500. The van der Waals surface area contributed by atoms with E-state index in [9.17, 15) is 4.39 Å². The largest absolute Gasteiger partial charge is 0.255 e. The maximum absolute atomic E-state index is 13.2. The van der Waals surface area contributed by atoms with Gasteiger partial charge >= 0.3 is 0 Å². The maximum atomic E-state index is 13.2. The number of nitrogens with zero attached hydrogens (tertiary/aromatic N) is 2. The second-order valence-corrected chi connectivity index (χ2v) is 2.61. The third-order valence-corrected chi connectivity index (χ3v) is 1.84. The van der Waals surface area contributed by atoms with Crippen LogP contribution < -0.4 is 0 Å². The Labute approximate surface area is 88.0 Å². The normalized spacial score (nSPS) is 8.93. The third-order valence-electron chi connectivity index (χ3n) is 1.84. The van der Waals surface area contributed by atoms with E-state index in [1.165, 1.54) is 12.1 Å². The van der Waals surface area contributed by atoms with Gasteiger partial charge in [-0.05, 0) is 24.3 Å². The highest BCUT2D eigenvalue weighted by Crippen LogP contribution is 2.18. The van der Waals surface area contributed by atoms with Crippen molar-refractivity contribution in [2.45, 2.75) is 13.8 Å². The summed E-state index contributed by atoms with van der Waals surface area (Å²) in [7, 11) is 0. The molecule has 2 nitrogen and oxygen atoms in total. The summed E-state index contributed by atoms with van der Waals surface area (Å²) in [5.41, 5.74) is 0.821. The van der Waals surface area contributed by atoms with Crippen LogP contribution in [0, 0.1) is 17.1 Å². The molecule has 1 heterocycles. The zero-order chi connectivity index (χ0) is 11.3. The third kappa shape index (κ3) is 2.10. The number of rotatable bonds is 0. The lowest BCUT2D eigenvalue weighted by Crippen LogP contribution is -1.86. The first-order valence-electron chi connectivity index (χ1n) is 4.76. The van der Waals surface area contributed by atoms with Gasteiger partial charge in [0.15, 0.2) is 0 Å². The highest BCUT2D eigenvalue weighted by atomic mass is 19.1. The summed E-state index contributed by atoms with van der Waals surface area (Å²) in [5.74, 6) is -0.345. The van der Waals surface area contributed by atoms with Crippen LogP contribution in [-0.4, -0.2) is 4.98 Å². The molecule has 0 unspecified atom stereocenters. The van der Waals surface area contributed by atoms with Crippen LogP contribution in [0.15, 0.2) is 30.5 Å². The first-order valence-corrected chi connectivity index (χ1v) is 4.76. The minimum Gasteiger partial charge on any atom is -0.255 e. The van der Waals surface area contributed by atoms with Crippen LogP contribution in [0.3, 0.4) is 0 Å². The molecule has 0 fully saturated rings. The quantitative estimate of drug-likeness (QED) is 0.657. The Morgan fingerprint density at radius 2 is 2.00 bits per heavy atom. The van der Waals surface area contributed by atoms with E-state index in [2.05, 4.69) is 4.98 Å². The number of aromatic nitrogens is 1. The first-order chi connectivity index (χ1) is 7.33. The fourth-order valence-electron chi connectivity index (χ4n) is 1.23. The van der Waals surface area contributed by atoms with E-state index < -0.39 is 0 Å². The van der Waals surface area contributed by atoms with Crippen LogP contribution >= 0.6 is 0 Å².